The number of anilines is 7. The van der Waals surface area contributed by atoms with E-state index in [4.69, 9.17) is 0 Å². The van der Waals surface area contributed by atoms with Gasteiger partial charge in [0.05, 0.1) is 11.0 Å². The molecule has 4 nitrogen and oxygen atoms in total. The molecule has 2 aliphatic rings. The highest BCUT2D eigenvalue weighted by Crippen LogP contribution is 2.42. The Bertz CT molecular complexity index is 4260. The van der Waals surface area contributed by atoms with Crippen molar-refractivity contribution in [1.82, 2.24) is 4.57 Å². The van der Waals surface area contributed by atoms with E-state index in [-0.39, 0.29) is 0 Å². The molecule has 12 aromatic carbocycles. The molecule has 4 heteroatoms. The standard InChI is InChI=1S/C38H28N2.C38H30N2/c1-39(30-18-16-26(17-19-30)27-14-15-29-24-28-8-2-3-9-33(28)36(29)25-27)31-20-22-32(23-21-31)40-37-12-6-4-10-34(37)35-11-5-7-13-38(35)40;1-39(33-22-24-36(25-23-33)40(34-11-4-2-5-12-34)35-13-6-3-7-14-35)32-20-18-28(19-21-32)29-16-17-31-26-30-10-8-9-15-37(30)38(31)27-29/h2-23,25H,24H2,1H3;2-25,27H,26H2,1H3. The molecular formula is C76H58N4. The maximum absolute atomic E-state index is 2.36. The van der Waals surface area contributed by atoms with Gasteiger partial charge in [-0.2, -0.15) is 0 Å². The minimum atomic E-state index is 1.03. The second-order valence-corrected chi connectivity index (χ2v) is 21.0. The molecule has 2 aliphatic carbocycles. The van der Waals surface area contributed by atoms with Crippen LogP contribution < -0.4 is 14.7 Å². The van der Waals surface area contributed by atoms with Gasteiger partial charge in [-0.1, -0.05) is 170 Å². The van der Waals surface area contributed by atoms with E-state index in [0.29, 0.717) is 0 Å². The fourth-order valence-electron chi connectivity index (χ4n) is 12.1. The van der Waals surface area contributed by atoms with Crippen LogP contribution in [-0.2, 0) is 12.8 Å². The maximum Gasteiger partial charge on any atom is 0.0541 e. The first-order valence-electron chi connectivity index (χ1n) is 27.7. The number of fused-ring (bicyclic) bond motifs is 9. The molecule has 1 aromatic heterocycles. The van der Waals surface area contributed by atoms with E-state index in [0.717, 1.165) is 47.0 Å². The minimum absolute atomic E-state index is 1.03. The summed E-state index contributed by atoms with van der Waals surface area (Å²) in [7, 11) is 4.26. The molecule has 0 atom stereocenters. The smallest absolute Gasteiger partial charge is 0.0541 e. The Balaban J connectivity index is 0.000000144. The lowest BCUT2D eigenvalue weighted by atomic mass is 9.98. The van der Waals surface area contributed by atoms with Crippen molar-refractivity contribution >= 4 is 61.6 Å². The molecular weight excluding hydrogens is 969 g/mol. The Kier molecular flexibility index (Phi) is 12.5. The van der Waals surface area contributed by atoms with E-state index in [9.17, 15) is 0 Å². The van der Waals surface area contributed by atoms with E-state index in [1.165, 1.54) is 99.9 Å². The summed E-state index contributed by atoms with van der Waals surface area (Å²) in [4.78, 5) is 6.77. The number of benzene rings is 12. The van der Waals surface area contributed by atoms with Crippen LogP contribution in [-0.4, -0.2) is 18.7 Å². The van der Waals surface area contributed by atoms with Crippen LogP contribution in [0.25, 0.3) is 72.0 Å². The molecule has 0 N–H and O–H groups in total. The third kappa shape index (κ3) is 8.97. The number of nitrogens with zero attached hydrogens (tertiary/aromatic N) is 4. The van der Waals surface area contributed by atoms with Gasteiger partial charge in [-0.05, 0) is 201 Å². The number of aromatic nitrogens is 1. The highest BCUT2D eigenvalue weighted by Gasteiger charge is 2.21. The van der Waals surface area contributed by atoms with Crippen molar-refractivity contribution in [2.75, 3.05) is 28.8 Å². The first-order chi connectivity index (χ1) is 39.5. The van der Waals surface area contributed by atoms with Gasteiger partial charge in [0.2, 0.25) is 0 Å². The van der Waals surface area contributed by atoms with Crippen LogP contribution in [0.2, 0.25) is 0 Å². The number of hydrogen-bond donors (Lipinski definition) is 0. The third-order valence-corrected chi connectivity index (χ3v) is 16.4. The maximum atomic E-state index is 2.36. The molecule has 0 saturated carbocycles. The predicted molar refractivity (Wildman–Crippen MR) is 338 cm³/mol. The van der Waals surface area contributed by atoms with Gasteiger partial charge >= 0.3 is 0 Å². The Labute approximate surface area is 469 Å². The SMILES string of the molecule is CN(c1ccc(-c2ccc3c(c2)-c2ccccc2C3)cc1)c1ccc(-n2c3ccccc3c3ccccc32)cc1.CN(c1ccc(-c2ccc3c(c2)-c2ccccc2C3)cc1)c1ccc(N(c2ccccc2)c2ccccc2)cc1. The first-order valence-corrected chi connectivity index (χ1v) is 27.7. The van der Waals surface area contributed by atoms with Crippen LogP contribution in [0.4, 0.5) is 39.8 Å². The predicted octanol–water partition coefficient (Wildman–Crippen LogP) is 20.0. The van der Waals surface area contributed by atoms with Crippen LogP contribution in [0.3, 0.4) is 0 Å². The normalized spacial score (nSPS) is 11.8. The molecule has 0 unspecified atom stereocenters. The van der Waals surface area contributed by atoms with Crippen LogP contribution >= 0.6 is 0 Å². The molecule has 382 valence electrons. The van der Waals surface area contributed by atoms with E-state index in [2.05, 4.69) is 325 Å². The number of hydrogen-bond acceptors (Lipinski definition) is 3. The molecule has 0 bridgehead atoms. The Morgan fingerprint density at radius 1 is 0.263 bits per heavy atom. The van der Waals surface area contributed by atoms with Crippen LogP contribution in [0.15, 0.2) is 291 Å². The zero-order chi connectivity index (χ0) is 53.5. The molecule has 0 amide bonds. The van der Waals surface area contributed by atoms with Gasteiger partial charge in [-0.15, -0.1) is 0 Å². The van der Waals surface area contributed by atoms with Crippen molar-refractivity contribution in [3.8, 4) is 50.2 Å². The Morgan fingerprint density at radius 3 is 1.04 bits per heavy atom. The number of rotatable bonds is 10. The Morgan fingerprint density at radius 2 is 0.588 bits per heavy atom. The summed E-state index contributed by atoms with van der Waals surface area (Å²) in [5, 5.41) is 2.57. The second kappa shape index (κ2) is 20.7. The van der Waals surface area contributed by atoms with Crippen molar-refractivity contribution < 1.29 is 0 Å². The van der Waals surface area contributed by atoms with Crippen LogP contribution in [0, 0.1) is 0 Å². The molecule has 0 fully saturated rings. The lowest BCUT2D eigenvalue weighted by Gasteiger charge is -2.26. The summed E-state index contributed by atoms with van der Waals surface area (Å²) in [6.07, 6.45) is 2.06. The van der Waals surface area contributed by atoms with Crippen molar-refractivity contribution in [3.05, 3.63) is 313 Å². The van der Waals surface area contributed by atoms with Crippen molar-refractivity contribution in [2.24, 2.45) is 0 Å². The molecule has 0 radical (unpaired) electrons. The largest absolute Gasteiger partial charge is 0.345 e. The average Bonchev–Trinajstić information content (AvgIpc) is 4.22. The van der Waals surface area contributed by atoms with Gasteiger partial charge < -0.3 is 19.3 Å². The summed E-state index contributed by atoms with van der Waals surface area (Å²) >= 11 is 0. The van der Waals surface area contributed by atoms with Gasteiger partial charge in [-0.3, -0.25) is 0 Å². The van der Waals surface area contributed by atoms with Gasteiger partial charge in [0.25, 0.3) is 0 Å². The van der Waals surface area contributed by atoms with E-state index in [1.807, 2.05) is 0 Å². The second-order valence-electron chi connectivity index (χ2n) is 21.0. The van der Waals surface area contributed by atoms with E-state index < -0.39 is 0 Å². The molecule has 80 heavy (non-hydrogen) atoms. The van der Waals surface area contributed by atoms with E-state index in [1.54, 1.807) is 0 Å². The lowest BCUT2D eigenvalue weighted by molar-refractivity contribution is 1.16. The monoisotopic (exact) mass is 1030 g/mol. The quantitative estimate of drug-likeness (QED) is 0.136. The zero-order valence-electron chi connectivity index (χ0n) is 44.9. The van der Waals surface area contributed by atoms with Gasteiger partial charge in [0, 0.05) is 70.4 Å². The molecule has 13 aromatic rings. The summed E-state index contributed by atoms with van der Waals surface area (Å²) < 4.78 is 2.36. The summed E-state index contributed by atoms with van der Waals surface area (Å²) in [6, 6.07) is 105. The number of para-hydroxylation sites is 4. The molecule has 0 saturated heterocycles. The highest BCUT2D eigenvalue weighted by atomic mass is 15.1. The molecule has 15 rings (SSSR count). The molecule has 1 heterocycles. The summed E-state index contributed by atoms with van der Waals surface area (Å²) in [5.41, 5.74) is 27.9. The summed E-state index contributed by atoms with van der Waals surface area (Å²) in [5.74, 6) is 0. The van der Waals surface area contributed by atoms with Crippen molar-refractivity contribution in [2.45, 2.75) is 12.8 Å². The Hall–Kier alpha value is -10.2. The van der Waals surface area contributed by atoms with Gasteiger partial charge in [0.1, 0.15) is 0 Å². The third-order valence-electron chi connectivity index (χ3n) is 16.4. The zero-order valence-corrected chi connectivity index (χ0v) is 44.9. The molecule has 0 aliphatic heterocycles. The summed E-state index contributed by atoms with van der Waals surface area (Å²) in [6.45, 7) is 0. The fourth-order valence-corrected chi connectivity index (χ4v) is 12.1. The minimum Gasteiger partial charge on any atom is -0.345 e. The lowest BCUT2D eigenvalue weighted by Crippen LogP contribution is -2.11. The first kappa shape index (κ1) is 48.2. The van der Waals surface area contributed by atoms with Gasteiger partial charge in [0.15, 0.2) is 0 Å². The van der Waals surface area contributed by atoms with E-state index >= 15 is 0 Å². The van der Waals surface area contributed by atoms with Crippen molar-refractivity contribution in [1.29, 1.82) is 0 Å². The topological polar surface area (TPSA) is 14.7 Å². The van der Waals surface area contributed by atoms with Crippen LogP contribution in [0.5, 0.6) is 0 Å². The highest BCUT2D eigenvalue weighted by molar-refractivity contribution is 6.09. The van der Waals surface area contributed by atoms with Crippen LogP contribution in [0.1, 0.15) is 22.3 Å². The average molecular weight is 1030 g/mol. The molecule has 0 spiro atoms. The van der Waals surface area contributed by atoms with Crippen molar-refractivity contribution in [3.63, 3.8) is 0 Å². The fraction of sp³-hybridized carbons (Fsp3) is 0.0526. The van der Waals surface area contributed by atoms with Gasteiger partial charge in [-0.25, -0.2) is 0 Å².